The highest BCUT2D eigenvalue weighted by Gasteiger charge is 2.21. The van der Waals surface area contributed by atoms with Crippen LogP contribution in [0.4, 0.5) is 5.69 Å². The molecule has 30 heavy (non-hydrogen) atoms. The number of methoxy groups -OCH3 is 1. The van der Waals surface area contributed by atoms with Crippen LogP contribution in [-0.4, -0.2) is 18.9 Å². The minimum atomic E-state index is -0.310. The molecule has 2 N–H and O–H groups in total. The molecule has 3 aromatic rings. The lowest BCUT2D eigenvalue weighted by molar-refractivity contribution is -0.115. The number of amides is 2. The Balaban J connectivity index is 1.40. The van der Waals surface area contributed by atoms with E-state index >= 15 is 0 Å². The normalized spacial score (nSPS) is 13.8. The molecule has 0 saturated carbocycles. The van der Waals surface area contributed by atoms with Gasteiger partial charge in [-0.3, -0.25) is 9.59 Å². The largest absolute Gasteiger partial charge is 0.497 e. The topological polar surface area (TPSA) is 76.7 Å². The van der Waals surface area contributed by atoms with Crippen molar-refractivity contribution in [1.29, 1.82) is 0 Å². The van der Waals surface area contributed by atoms with E-state index in [4.69, 9.17) is 9.47 Å². The second kappa shape index (κ2) is 8.53. The van der Waals surface area contributed by atoms with Crippen molar-refractivity contribution in [3.63, 3.8) is 0 Å². The Hall–Kier alpha value is -4.06. The fourth-order valence-corrected chi connectivity index (χ4v) is 3.01. The second-order valence-corrected chi connectivity index (χ2v) is 6.71. The summed E-state index contributed by atoms with van der Waals surface area (Å²) < 4.78 is 10.8. The summed E-state index contributed by atoms with van der Waals surface area (Å²) in [4.78, 5) is 24.6. The van der Waals surface area contributed by atoms with Crippen molar-refractivity contribution in [3.8, 4) is 11.5 Å². The summed E-state index contributed by atoms with van der Waals surface area (Å²) >= 11 is 0. The van der Waals surface area contributed by atoms with E-state index in [1.807, 2.05) is 36.4 Å². The third kappa shape index (κ3) is 4.33. The minimum Gasteiger partial charge on any atom is -0.497 e. The van der Waals surface area contributed by atoms with Gasteiger partial charge in [0.1, 0.15) is 5.75 Å². The van der Waals surface area contributed by atoms with Gasteiger partial charge < -0.3 is 20.1 Å². The van der Waals surface area contributed by atoms with E-state index in [1.54, 1.807) is 49.6 Å². The molecule has 0 aromatic heterocycles. The predicted molar refractivity (Wildman–Crippen MR) is 114 cm³/mol. The number of anilines is 1. The average Bonchev–Trinajstić information content (AvgIpc) is 2.79. The van der Waals surface area contributed by atoms with Crippen LogP contribution in [0.25, 0.3) is 6.08 Å². The first-order chi connectivity index (χ1) is 14.6. The molecule has 3 aromatic carbocycles. The van der Waals surface area contributed by atoms with Crippen LogP contribution < -0.4 is 20.1 Å². The summed E-state index contributed by atoms with van der Waals surface area (Å²) in [6.45, 7) is 0.419. The van der Waals surface area contributed by atoms with Crippen LogP contribution in [0.3, 0.4) is 0 Å². The summed E-state index contributed by atoms with van der Waals surface area (Å²) in [6.07, 6.45) is 1.64. The van der Waals surface area contributed by atoms with Gasteiger partial charge >= 0.3 is 0 Å². The average molecular weight is 400 g/mol. The lowest BCUT2D eigenvalue weighted by Crippen LogP contribution is -2.23. The monoisotopic (exact) mass is 400 g/mol. The first-order valence-electron chi connectivity index (χ1n) is 9.43. The van der Waals surface area contributed by atoms with Crippen LogP contribution in [0, 0.1) is 0 Å². The van der Waals surface area contributed by atoms with Crippen LogP contribution in [0.2, 0.25) is 0 Å². The van der Waals surface area contributed by atoms with E-state index in [0.717, 1.165) is 16.9 Å². The summed E-state index contributed by atoms with van der Waals surface area (Å²) in [7, 11) is 1.61. The lowest BCUT2D eigenvalue weighted by atomic mass is 10.1. The molecule has 4 rings (SSSR count). The molecule has 150 valence electrons. The third-order valence-electron chi connectivity index (χ3n) is 4.66. The van der Waals surface area contributed by atoms with Gasteiger partial charge in [-0.15, -0.1) is 0 Å². The minimum absolute atomic E-state index is 0.175. The van der Waals surface area contributed by atoms with Crippen LogP contribution in [0.15, 0.2) is 78.6 Å². The Morgan fingerprint density at radius 2 is 1.77 bits per heavy atom. The Morgan fingerprint density at radius 1 is 1.03 bits per heavy atom. The molecule has 0 saturated heterocycles. The highest BCUT2D eigenvalue weighted by Crippen LogP contribution is 2.30. The molecule has 1 aliphatic rings. The number of nitrogens with one attached hydrogen (secondary N) is 2. The summed E-state index contributed by atoms with van der Waals surface area (Å²) in [6, 6.07) is 21.7. The zero-order chi connectivity index (χ0) is 20.9. The number of hydrogen-bond donors (Lipinski definition) is 2. The SMILES string of the molecule is COc1ccc(CNC(=O)c2ccc(C=C3Oc4ccccc4NC3=O)cc2)cc1. The first-order valence-corrected chi connectivity index (χ1v) is 9.43. The Kier molecular flexibility index (Phi) is 5.48. The zero-order valence-corrected chi connectivity index (χ0v) is 16.3. The van der Waals surface area contributed by atoms with Crippen molar-refractivity contribution in [1.82, 2.24) is 5.32 Å². The number of para-hydroxylation sites is 2. The molecule has 0 atom stereocenters. The van der Waals surface area contributed by atoms with Gasteiger partial charge in [0.15, 0.2) is 11.5 Å². The van der Waals surface area contributed by atoms with Gasteiger partial charge in [-0.2, -0.15) is 0 Å². The van der Waals surface area contributed by atoms with Crippen LogP contribution in [-0.2, 0) is 11.3 Å². The molecule has 0 bridgehead atoms. The van der Waals surface area contributed by atoms with Gasteiger partial charge in [0.25, 0.3) is 11.8 Å². The molecule has 0 spiro atoms. The van der Waals surface area contributed by atoms with Crippen molar-refractivity contribution < 1.29 is 19.1 Å². The van der Waals surface area contributed by atoms with Crippen LogP contribution >= 0.6 is 0 Å². The number of benzene rings is 3. The maximum Gasteiger partial charge on any atom is 0.291 e. The number of carbonyl (C=O) groups is 2. The molecule has 6 heteroatoms. The van der Waals surface area contributed by atoms with Crippen molar-refractivity contribution in [3.05, 3.63) is 95.2 Å². The molecule has 0 aliphatic carbocycles. The van der Waals surface area contributed by atoms with Crippen molar-refractivity contribution in [2.45, 2.75) is 6.54 Å². The molecule has 1 aliphatic heterocycles. The third-order valence-corrected chi connectivity index (χ3v) is 4.66. The van der Waals surface area contributed by atoms with Gasteiger partial charge in [0.05, 0.1) is 12.8 Å². The van der Waals surface area contributed by atoms with Crippen molar-refractivity contribution >= 4 is 23.6 Å². The van der Waals surface area contributed by atoms with E-state index < -0.39 is 0 Å². The summed E-state index contributed by atoms with van der Waals surface area (Å²) in [5, 5.41) is 5.68. The van der Waals surface area contributed by atoms with Gasteiger partial charge in [-0.1, -0.05) is 36.4 Å². The second-order valence-electron chi connectivity index (χ2n) is 6.71. The zero-order valence-electron chi connectivity index (χ0n) is 16.3. The van der Waals surface area contributed by atoms with Crippen LogP contribution in [0.1, 0.15) is 21.5 Å². The number of hydrogen-bond acceptors (Lipinski definition) is 4. The summed E-state index contributed by atoms with van der Waals surface area (Å²) in [5.74, 6) is 1.08. The fraction of sp³-hybridized carbons (Fsp3) is 0.0833. The van der Waals surface area contributed by atoms with Crippen LogP contribution in [0.5, 0.6) is 11.5 Å². The number of carbonyl (C=O) groups excluding carboxylic acids is 2. The van der Waals surface area contributed by atoms with Crippen molar-refractivity contribution in [2.75, 3.05) is 12.4 Å². The van der Waals surface area contributed by atoms with E-state index in [-0.39, 0.29) is 17.6 Å². The maximum atomic E-state index is 12.4. The molecular weight excluding hydrogens is 380 g/mol. The molecule has 1 heterocycles. The molecule has 0 unspecified atom stereocenters. The van der Waals surface area contributed by atoms with Gasteiger partial charge in [-0.25, -0.2) is 0 Å². The van der Waals surface area contributed by atoms with E-state index in [2.05, 4.69) is 10.6 Å². The first kappa shape index (κ1) is 19.3. The Morgan fingerprint density at radius 3 is 2.50 bits per heavy atom. The lowest BCUT2D eigenvalue weighted by Gasteiger charge is -2.19. The summed E-state index contributed by atoms with van der Waals surface area (Å²) in [5.41, 5.74) is 2.91. The Bertz CT molecular complexity index is 1100. The van der Waals surface area contributed by atoms with E-state index in [9.17, 15) is 9.59 Å². The molecule has 6 nitrogen and oxygen atoms in total. The fourth-order valence-electron chi connectivity index (χ4n) is 3.01. The smallest absolute Gasteiger partial charge is 0.291 e. The molecule has 0 radical (unpaired) electrons. The maximum absolute atomic E-state index is 12.4. The van der Waals surface area contributed by atoms with E-state index in [1.165, 1.54) is 0 Å². The van der Waals surface area contributed by atoms with Crippen molar-refractivity contribution in [2.24, 2.45) is 0 Å². The highest BCUT2D eigenvalue weighted by atomic mass is 16.5. The molecule has 2 amide bonds. The Labute approximate surface area is 174 Å². The quantitative estimate of drug-likeness (QED) is 0.635. The highest BCUT2D eigenvalue weighted by molar-refractivity contribution is 6.08. The standard InChI is InChI=1S/C24H20N2O4/c1-29-19-12-8-17(9-13-19)15-25-23(27)18-10-6-16(7-11-18)14-22-24(28)26-20-4-2-3-5-21(20)30-22/h2-14H,15H2,1H3,(H,25,27)(H,26,28). The molecular formula is C24H20N2O4. The van der Waals surface area contributed by atoms with E-state index in [0.29, 0.717) is 23.5 Å². The van der Waals surface area contributed by atoms with Gasteiger partial charge in [0, 0.05) is 12.1 Å². The number of fused-ring (bicyclic) bond motifs is 1. The number of rotatable bonds is 5. The number of ether oxygens (including phenoxy) is 2. The predicted octanol–water partition coefficient (Wildman–Crippen LogP) is 4.00. The van der Waals surface area contributed by atoms with Gasteiger partial charge in [0.2, 0.25) is 0 Å². The van der Waals surface area contributed by atoms with Gasteiger partial charge in [-0.05, 0) is 53.6 Å². The molecule has 0 fully saturated rings.